The summed E-state index contributed by atoms with van der Waals surface area (Å²) in [5.74, 6) is 2.31. The second kappa shape index (κ2) is 6.08. The molecule has 1 aromatic rings. The van der Waals surface area contributed by atoms with Gasteiger partial charge in [0.25, 0.3) is 0 Å². The predicted molar refractivity (Wildman–Crippen MR) is 88.5 cm³/mol. The predicted octanol–water partition coefficient (Wildman–Crippen LogP) is 4.16. The van der Waals surface area contributed by atoms with Crippen LogP contribution in [0.25, 0.3) is 0 Å². The van der Waals surface area contributed by atoms with Crippen LogP contribution in [0.5, 0.6) is 0 Å². The SMILES string of the molecule is CNCC1CCC(C)(C)CC1C1CCCc2cccnc21. The van der Waals surface area contributed by atoms with E-state index in [9.17, 15) is 0 Å². The van der Waals surface area contributed by atoms with Gasteiger partial charge in [0, 0.05) is 17.8 Å². The molecule has 0 amide bonds. The molecule has 3 unspecified atom stereocenters. The number of fused-ring (bicyclic) bond motifs is 1. The van der Waals surface area contributed by atoms with E-state index >= 15 is 0 Å². The molecule has 0 bridgehead atoms. The van der Waals surface area contributed by atoms with E-state index in [0.717, 1.165) is 11.8 Å². The molecule has 0 saturated heterocycles. The summed E-state index contributed by atoms with van der Waals surface area (Å²) in [5, 5.41) is 3.44. The van der Waals surface area contributed by atoms with Crippen molar-refractivity contribution in [2.24, 2.45) is 17.3 Å². The van der Waals surface area contributed by atoms with Crippen LogP contribution in [0.15, 0.2) is 18.3 Å². The summed E-state index contributed by atoms with van der Waals surface area (Å²) in [6.45, 7) is 6.08. The van der Waals surface area contributed by atoms with Gasteiger partial charge in [-0.25, -0.2) is 0 Å². The maximum atomic E-state index is 4.80. The maximum Gasteiger partial charge on any atom is 0.0469 e. The topological polar surface area (TPSA) is 24.9 Å². The Bertz CT molecular complexity index is 480. The molecule has 21 heavy (non-hydrogen) atoms. The fourth-order valence-corrected chi connectivity index (χ4v) is 4.75. The van der Waals surface area contributed by atoms with E-state index in [-0.39, 0.29) is 0 Å². The first-order valence-corrected chi connectivity index (χ1v) is 8.69. The molecule has 1 aromatic heterocycles. The second-order valence-corrected chi connectivity index (χ2v) is 7.94. The summed E-state index contributed by atoms with van der Waals surface area (Å²) in [6, 6.07) is 4.41. The highest BCUT2D eigenvalue weighted by Gasteiger charge is 2.40. The van der Waals surface area contributed by atoms with Crippen LogP contribution in [-0.4, -0.2) is 18.6 Å². The van der Waals surface area contributed by atoms with E-state index in [2.05, 4.69) is 38.3 Å². The Morgan fingerprint density at radius 2 is 2.19 bits per heavy atom. The van der Waals surface area contributed by atoms with Gasteiger partial charge < -0.3 is 5.32 Å². The average molecular weight is 286 g/mol. The molecule has 2 aliphatic rings. The molecule has 3 rings (SSSR count). The molecule has 0 aromatic carbocycles. The van der Waals surface area contributed by atoms with Crippen LogP contribution in [-0.2, 0) is 6.42 Å². The minimum atomic E-state index is 0.501. The molecule has 1 saturated carbocycles. The smallest absolute Gasteiger partial charge is 0.0469 e. The van der Waals surface area contributed by atoms with Gasteiger partial charge in [-0.15, -0.1) is 0 Å². The number of aryl methyl sites for hydroxylation is 1. The van der Waals surface area contributed by atoms with Gasteiger partial charge in [0.05, 0.1) is 0 Å². The number of rotatable bonds is 3. The van der Waals surface area contributed by atoms with Crippen LogP contribution in [0, 0.1) is 17.3 Å². The molecule has 3 atom stereocenters. The highest BCUT2D eigenvalue weighted by Crippen LogP contribution is 2.50. The van der Waals surface area contributed by atoms with Crippen molar-refractivity contribution in [3.63, 3.8) is 0 Å². The first-order valence-electron chi connectivity index (χ1n) is 8.69. The van der Waals surface area contributed by atoms with Crippen LogP contribution in [0.4, 0.5) is 0 Å². The van der Waals surface area contributed by atoms with Gasteiger partial charge in [0.15, 0.2) is 0 Å². The number of hydrogen-bond donors (Lipinski definition) is 1. The second-order valence-electron chi connectivity index (χ2n) is 7.94. The first-order chi connectivity index (χ1) is 10.1. The third-order valence-corrected chi connectivity index (χ3v) is 5.81. The fraction of sp³-hybridized carbons (Fsp3) is 0.737. The van der Waals surface area contributed by atoms with Gasteiger partial charge >= 0.3 is 0 Å². The number of aromatic nitrogens is 1. The fourth-order valence-electron chi connectivity index (χ4n) is 4.75. The Morgan fingerprint density at radius 1 is 1.33 bits per heavy atom. The molecule has 116 valence electrons. The third-order valence-electron chi connectivity index (χ3n) is 5.81. The summed E-state index contributed by atoms with van der Waals surface area (Å²) >= 11 is 0. The molecular weight excluding hydrogens is 256 g/mol. The summed E-state index contributed by atoms with van der Waals surface area (Å²) in [5.41, 5.74) is 3.44. The first kappa shape index (κ1) is 15.0. The quantitative estimate of drug-likeness (QED) is 0.902. The molecule has 2 heteroatoms. The molecule has 0 radical (unpaired) electrons. The van der Waals surface area contributed by atoms with Crippen molar-refractivity contribution in [1.82, 2.24) is 10.3 Å². The highest BCUT2D eigenvalue weighted by molar-refractivity contribution is 5.27. The molecular formula is C19H30N2. The van der Waals surface area contributed by atoms with Gasteiger partial charge in [-0.1, -0.05) is 19.9 Å². The van der Waals surface area contributed by atoms with Crippen LogP contribution >= 0.6 is 0 Å². The van der Waals surface area contributed by atoms with Crippen molar-refractivity contribution < 1.29 is 0 Å². The zero-order valence-electron chi connectivity index (χ0n) is 13.9. The number of nitrogens with one attached hydrogen (secondary N) is 1. The number of hydrogen-bond acceptors (Lipinski definition) is 2. The van der Waals surface area contributed by atoms with Crippen LogP contribution in [0.1, 0.15) is 63.1 Å². The van der Waals surface area contributed by atoms with E-state index < -0.39 is 0 Å². The standard InChI is InChI=1S/C19H30N2/c1-19(2)10-9-15(13-20-3)17(12-19)16-8-4-6-14-7-5-11-21-18(14)16/h5,7,11,15-17,20H,4,6,8-10,12-13H2,1-3H3. The number of pyridine rings is 1. The minimum absolute atomic E-state index is 0.501. The van der Waals surface area contributed by atoms with Crippen molar-refractivity contribution in [1.29, 1.82) is 0 Å². The zero-order valence-corrected chi connectivity index (χ0v) is 13.9. The van der Waals surface area contributed by atoms with Crippen molar-refractivity contribution in [3.05, 3.63) is 29.6 Å². The van der Waals surface area contributed by atoms with Gasteiger partial charge in [-0.3, -0.25) is 4.98 Å². The maximum absolute atomic E-state index is 4.80. The third kappa shape index (κ3) is 3.15. The monoisotopic (exact) mass is 286 g/mol. The van der Waals surface area contributed by atoms with Crippen molar-refractivity contribution in [3.8, 4) is 0 Å². The van der Waals surface area contributed by atoms with E-state index in [1.165, 1.54) is 56.3 Å². The van der Waals surface area contributed by atoms with E-state index in [4.69, 9.17) is 4.98 Å². The van der Waals surface area contributed by atoms with Crippen LogP contribution < -0.4 is 5.32 Å². The van der Waals surface area contributed by atoms with E-state index in [1.54, 1.807) is 0 Å². The minimum Gasteiger partial charge on any atom is -0.319 e. The molecule has 0 spiro atoms. The molecule has 0 aliphatic heterocycles. The zero-order chi connectivity index (χ0) is 14.9. The lowest BCUT2D eigenvalue weighted by Gasteiger charge is -2.45. The number of nitrogens with zero attached hydrogens (tertiary/aromatic N) is 1. The Morgan fingerprint density at radius 3 is 3.00 bits per heavy atom. The molecule has 1 N–H and O–H groups in total. The summed E-state index contributed by atoms with van der Waals surface area (Å²) in [7, 11) is 2.10. The van der Waals surface area contributed by atoms with Crippen molar-refractivity contribution in [2.75, 3.05) is 13.6 Å². The summed E-state index contributed by atoms with van der Waals surface area (Å²) in [6.07, 6.45) is 10.0. The Hall–Kier alpha value is -0.890. The Balaban J connectivity index is 1.89. The normalized spacial score (nSPS) is 31.7. The lowest BCUT2D eigenvalue weighted by molar-refractivity contribution is 0.0910. The highest BCUT2D eigenvalue weighted by atomic mass is 14.8. The lowest BCUT2D eigenvalue weighted by atomic mass is 9.61. The molecule has 2 nitrogen and oxygen atoms in total. The average Bonchev–Trinajstić information content (AvgIpc) is 2.48. The molecule has 1 fully saturated rings. The van der Waals surface area contributed by atoms with Gasteiger partial charge in [-0.2, -0.15) is 0 Å². The molecule has 1 heterocycles. The van der Waals surface area contributed by atoms with Crippen molar-refractivity contribution >= 4 is 0 Å². The van der Waals surface area contributed by atoms with Gasteiger partial charge in [0.1, 0.15) is 0 Å². The van der Waals surface area contributed by atoms with Gasteiger partial charge in [-0.05, 0) is 81.0 Å². The summed E-state index contributed by atoms with van der Waals surface area (Å²) in [4.78, 5) is 4.80. The van der Waals surface area contributed by atoms with Crippen molar-refractivity contribution in [2.45, 2.75) is 58.3 Å². The van der Waals surface area contributed by atoms with E-state index in [1.807, 2.05) is 6.20 Å². The van der Waals surface area contributed by atoms with Crippen LogP contribution in [0.2, 0.25) is 0 Å². The molecule has 2 aliphatic carbocycles. The van der Waals surface area contributed by atoms with E-state index in [0.29, 0.717) is 11.3 Å². The van der Waals surface area contributed by atoms with Crippen LogP contribution in [0.3, 0.4) is 0 Å². The lowest BCUT2D eigenvalue weighted by Crippen LogP contribution is -2.39. The Labute approximate surface area is 129 Å². The van der Waals surface area contributed by atoms with Gasteiger partial charge in [0.2, 0.25) is 0 Å². The Kier molecular flexibility index (Phi) is 4.35. The largest absolute Gasteiger partial charge is 0.319 e. The summed E-state index contributed by atoms with van der Waals surface area (Å²) < 4.78 is 0.